The first-order valence-electron chi connectivity index (χ1n) is 3.37. The third-order valence-electron chi connectivity index (χ3n) is 1.32. The molecule has 0 saturated carbocycles. The van der Waals surface area contributed by atoms with Crippen molar-refractivity contribution in [3.8, 4) is 0 Å². The summed E-state index contributed by atoms with van der Waals surface area (Å²) in [5.41, 5.74) is 0. The molecule has 1 rings (SSSR count). The minimum atomic E-state index is -4.05. The number of alkyl halides is 4. The fourth-order valence-electron chi connectivity index (χ4n) is 0.554. The van der Waals surface area contributed by atoms with E-state index in [1.807, 2.05) is 0 Å². The van der Waals surface area contributed by atoms with Crippen molar-refractivity contribution in [2.45, 2.75) is 18.5 Å². The Bertz CT molecular complexity index is 146. The van der Waals surface area contributed by atoms with Crippen LogP contribution in [0.1, 0.15) is 0 Å². The molecule has 0 aromatic heterocycles. The van der Waals surface area contributed by atoms with Gasteiger partial charge in [0.2, 0.25) is 0 Å². The van der Waals surface area contributed by atoms with E-state index < -0.39 is 19.0 Å². The maximum Gasteiger partial charge on any atom is 0.330 e. The zero-order valence-corrected chi connectivity index (χ0v) is 6.10. The van der Waals surface area contributed by atoms with E-state index in [1.165, 1.54) is 0 Å². The molecule has 1 aliphatic rings. The molecule has 0 spiro atoms. The van der Waals surface area contributed by atoms with Crippen molar-refractivity contribution in [1.82, 2.24) is 0 Å². The molecule has 12 heavy (non-hydrogen) atoms. The number of hydrogen-bond donors (Lipinski definition) is 0. The fraction of sp³-hybridized carbons (Fsp3) is 1.00. The topological polar surface area (TPSA) is 21.8 Å². The molecule has 0 aliphatic carbocycles. The number of halogens is 4. The minimum absolute atomic E-state index is 0.0394. The zero-order chi connectivity index (χ0) is 9.19. The van der Waals surface area contributed by atoms with E-state index in [4.69, 9.17) is 0 Å². The number of rotatable bonds is 5. The van der Waals surface area contributed by atoms with E-state index >= 15 is 0 Å². The maximum atomic E-state index is 12.1. The van der Waals surface area contributed by atoms with Crippen LogP contribution >= 0.6 is 0 Å². The lowest BCUT2D eigenvalue weighted by Gasteiger charge is -2.14. The van der Waals surface area contributed by atoms with Gasteiger partial charge in [-0.25, -0.2) is 8.78 Å². The largest absolute Gasteiger partial charge is 0.372 e. The van der Waals surface area contributed by atoms with Gasteiger partial charge >= 0.3 is 12.3 Å². The second-order valence-corrected chi connectivity index (χ2v) is 2.53. The fourth-order valence-corrected chi connectivity index (χ4v) is 0.554. The Labute approximate surface area is 66.4 Å². The molecule has 0 aromatic rings. The van der Waals surface area contributed by atoms with Crippen LogP contribution < -0.4 is 0 Å². The van der Waals surface area contributed by atoms with Crippen molar-refractivity contribution in [1.29, 1.82) is 0 Å². The molecule has 1 saturated heterocycles. The first-order valence-corrected chi connectivity index (χ1v) is 3.37. The summed E-state index contributed by atoms with van der Waals surface area (Å²) in [5.74, 6) is -4.05. The normalized spacial score (nSPS) is 23.2. The molecule has 0 bridgehead atoms. The Hall–Kier alpha value is -0.360. The van der Waals surface area contributed by atoms with E-state index in [0.717, 1.165) is 0 Å². The van der Waals surface area contributed by atoms with Crippen molar-refractivity contribution in [3.63, 3.8) is 0 Å². The van der Waals surface area contributed by atoms with Gasteiger partial charge in [-0.05, 0) is 0 Å². The first kappa shape index (κ1) is 9.73. The van der Waals surface area contributed by atoms with Gasteiger partial charge in [-0.2, -0.15) is 8.78 Å². The van der Waals surface area contributed by atoms with Crippen LogP contribution in [0.4, 0.5) is 17.6 Å². The smallest absolute Gasteiger partial charge is 0.330 e. The molecule has 6 heteroatoms. The van der Waals surface area contributed by atoms with Gasteiger partial charge < -0.3 is 9.47 Å². The molecule has 1 heterocycles. The van der Waals surface area contributed by atoms with Gasteiger partial charge in [0.1, 0.15) is 12.7 Å². The van der Waals surface area contributed by atoms with Crippen molar-refractivity contribution in [2.75, 3.05) is 19.8 Å². The summed E-state index contributed by atoms with van der Waals surface area (Å²) in [5, 5.41) is 0. The summed E-state index contributed by atoms with van der Waals surface area (Å²) < 4.78 is 56.1. The van der Waals surface area contributed by atoms with E-state index in [-0.39, 0.29) is 12.7 Å². The molecule has 0 radical (unpaired) electrons. The maximum absolute atomic E-state index is 12.1. The van der Waals surface area contributed by atoms with Crippen molar-refractivity contribution >= 4 is 0 Å². The predicted molar refractivity (Wildman–Crippen MR) is 31.5 cm³/mol. The van der Waals surface area contributed by atoms with E-state index in [9.17, 15) is 17.6 Å². The highest BCUT2D eigenvalue weighted by Gasteiger charge is 2.41. The molecule has 0 unspecified atom stereocenters. The molecule has 1 aliphatic heterocycles. The standard InChI is InChI=1S/C6H8F4O2/c7-5(8)6(9,10)3-11-1-4-2-12-4/h4-5H,1-3H2/t4-/m1/s1. The lowest BCUT2D eigenvalue weighted by atomic mass is 10.4. The molecule has 1 atom stereocenters. The number of ether oxygens (including phenoxy) is 2. The lowest BCUT2D eigenvalue weighted by molar-refractivity contribution is -0.166. The molecule has 72 valence electrons. The van der Waals surface area contributed by atoms with Crippen LogP contribution in [0.15, 0.2) is 0 Å². The second-order valence-electron chi connectivity index (χ2n) is 2.53. The summed E-state index contributed by atoms with van der Waals surface area (Å²) in [6, 6.07) is 0. The van der Waals surface area contributed by atoms with E-state index in [2.05, 4.69) is 9.47 Å². The number of hydrogen-bond acceptors (Lipinski definition) is 2. The quantitative estimate of drug-likeness (QED) is 0.479. The Balaban J connectivity index is 2.10. The van der Waals surface area contributed by atoms with Crippen LogP contribution in [0, 0.1) is 0 Å². The third-order valence-corrected chi connectivity index (χ3v) is 1.32. The Morgan fingerprint density at radius 2 is 2.08 bits per heavy atom. The van der Waals surface area contributed by atoms with Gasteiger partial charge in [0.05, 0.1) is 13.2 Å². The Kier molecular flexibility index (Phi) is 2.89. The van der Waals surface area contributed by atoms with Gasteiger partial charge in [0.25, 0.3) is 0 Å². The predicted octanol–water partition coefficient (Wildman–Crippen LogP) is 1.30. The van der Waals surface area contributed by atoms with Gasteiger partial charge in [-0.1, -0.05) is 0 Å². The van der Waals surface area contributed by atoms with Crippen molar-refractivity contribution in [3.05, 3.63) is 0 Å². The number of epoxide rings is 1. The zero-order valence-electron chi connectivity index (χ0n) is 6.10. The summed E-state index contributed by atoms with van der Waals surface area (Å²) in [6.07, 6.45) is -3.85. The summed E-state index contributed by atoms with van der Waals surface area (Å²) >= 11 is 0. The van der Waals surface area contributed by atoms with E-state index in [1.54, 1.807) is 0 Å². The Morgan fingerprint density at radius 3 is 2.50 bits per heavy atom. The molecule has 0 amide bonds. The van der Waals surface area contributed by atoms with Crippen LogP contribution in [0.2, 0.25) is 0 Å². The summed E-state index contributed by atoms with van der Waals surface area (Å²) in [7, 11) is 0. The van der Waals surface area contributed by atoms with E-state index in [0.29, 0.717) is 6.61 Å². The summed E-state index contributed by atoms with van der Waals surface area (Å²) in [6.45, 7) is -0.826. The Morgan fingerprint density at radius 1 is 1.50 bits per heavy atom. The first-order chi connectivity index (χ1) is 5.52. The molecular formula is C6H8F4O2. The van der Waals surface area contributed by atoms with Gasteiger partial charge in [-0.3, -0.25) is 0 Å². The van der Waals surface area contributed by atoms with Gasteiger partial charge in [0, 0.05) is 0 Å². The van der Waals surface area contributed by atoms with Gasteiger partial charge in [-0.15, -0.1) is 0 Å². The minimum Gasteiger partial charge on any atom is -0.372 e. The van der Waals surface area contributed by atoms with Crippen LogP contribution in [0.25, 0.3) is 0 Å². The SMILES string of the molecule is FC(F)C(F)(F)COC[C@@H]1CO1. The second kappa shape index (κ2) is 3.57. The monoisotopic (exact) mass is 188 g/mol. The lowest BCUT2D eigenvalue weighted by Crippen LogP contribution is -2.32. The highest BCUT2D eigenvalue weighted by molar-refractivity contribution is 4.71. The summed E-state index contributed by atoms with van der Waals surface area (Å²) in [4.78, 5) is 0. The van der Waals surface area contributed by atoms with Crippen molar-refractivity contribution in [2.24, 2.45) is 0 Å². The van der Waals surface area contributed by atoms with Gasteiger partial charge in [0.15, 0.2) is 0 Å². The van der Waals surface area contributed by atoms with Crippen LogP contribution in [-0.2, 0) is 9.47 Å². The van der Waals surface area contributed by atoms with Crippen LogP contribution in [0.5, 0.6) is 0 Å². The third kappa shape index (κ3) is 2.94. The van der Waals surface area contributed by atoms with Crippen LogP contribution in [0.3, 0.4) is 0 Å². The van der Waals surface area contributed by atoms with Crippen LogP contribution in [-0.4, -0.2) is 38.3 Å². The average molecular weight is 188 g/mol. The molecule has 0 aromatic carbocycles. The molecule has 2 nitrogen and oxygen atoms in total. The molecular weight excluding hydrogens is 180 g/mol. The molecule has 1 fully saturated rings. The van der Waals surface area contributed by atoms with Crippen molar-refractivity contribution < 1.29 is 27.0 Å². The average Bonchev–Trinajstić information content (AvgIpc) is 2.70. The molecule has 0 N–H and O–H groups in total. The highest BCUT2D eigenvalue weighted by atomic mass is 19.3. The highest BCUT2D eigenvalue weighted by Crippen LogP contribution is 2.23.